The van der Waals surface area contributed by atoms with E-state index in [1.807, 2.05) is 13.8 Å². The number of cyclic esters (lactones) is 10. The molecule has 0 aromatic heterocycles. The summed E-state index contributed by atoms with van der Waals surface area (Å²) in [6.45, 7) is 36.7. The average Bonchev–Trinajstić information content (AvgIpc) is 1.19. The van der Waals surface area contributed by atoms with E-state index in [4.69, 9.17) is 87.0 Å². The smallest absolute Gasteiger partial charge is 0.371 e. The summed E-state index contributed by atoms with van der Waals surface area (Å²) in [7, 11) is -25.4. The van der Waals surface area contributed by atoms with Gasteiger partial charge in [0.05, 0.1) is 144 Å². The van der Waals surface area contributed by atoms with Gasteiger partial charge >= 0.3 is 136 Å². The first-order valence-corrected chi connectivity index (χ1v) is 60.5. The molecule has 804 valence electrons. The minimum atomic E-state index is -3.47. The van der Waals surface area contributed by atoms with Crippen LogP contribution in [0.1, 0.15) is 174 Å². The molecule has 0 aromatic carbocycles. The summed E-state index contributed by atoms with van der Waals surface area (Å²) in [4.78, 5) is 110. The van der Waals surface area contributed by atoms with E-state index in [0.29, 0.717) is 78.2 Å². The molecule has 0 saturated carbocycles. The van der Waals surface area contributed by atoms with Crippen molar-refractivity contribution in [3.8, 4) is 0 Å². The maximum Gasteiger partial charge on any atom is 0.371 e. The predicted octanol–water partition coefficient (Wildman–Crippen LogP) is 15.1. The molecule has 10 aliphatic heterocycles. The van der Waals surface area contributed by atoms with Gasteiger partial charge in [0.25, 0.3) is 0 Å². The Morgan fingerprint density at radius 1 is 0.283 bits per heavy atom. The second-order valence-corrected chi connectivity index (χ2v) is 51.8. The van der Waals surface area contributed by atoms with Crippen molar-refractivity contribution in [3.05, 3.63) is 25.3 Å². The van der Waals surface area contributed by atoms with Gasteiger partial charge in [0.1, 0.15) is 13.2 Å². The third-order valence-electron chi connectivity index (χ3n) is 18.7. The third kappa shape index (κ3) is 41.9. The predicted molar refractivity (Wildman–Crippen MR) is 492 cm³/mol. The number of hydrogen-bond acceptors (Lipinski definition) is 50. The van der Waals surface area contributed by atoms with E-state index in [0.717, 1.165) is 25.7 Å². The highest BCUT2D eigenvalue weighted by Gasteiger charge is 2.55. The van der Waals surface area contributed by atoms with Crippen molar-refractivity contribution >= 4 is 136 Å². The standard InChI is InChI=1S/C12H23O5P.C10H19O5P.C10H15O5P.2C8H15O5P.2C7H13O5P.C6H11O5P.2C5H9O5P/c1-3-5-8-16-18(14,17-9-6-4-2)11-7-10-15-12(11)13;1-7(2)14-16(12,15-8(3)4)9-5-6-13-10(9)11;1-3-6-14-16(12,15-7-4-2)9-5-8-13-10(9)11;2*1-3-12-14(10,13-4-2)7-5-6-11-8(7)9;1-3-11-13(9,12-4-2)6-5-10-7(6)8;1-3-10-13(9,11-4-2)7-5-6(8)12-7;1-9-12(8,10-2)5-3-4-11-6(5)7;1-8-11(7,9-2)4-3-10-5(4)6;1-8-11(7,9-2)5-3-4(6)10-5/h11H,3-10H2,1-2H3;7-9H,5-6H2,1-4H3;3-4,9H,1-2,5-8H2;2*7H,3-6H2,1-2H3;6H,3-5H2,1-2H3;7H,3-5H2,1-2H3;5H,3-4H2,1-2H3;4H,3H2,1-2H3;5H,3H2,1-2H3. The van der Waals surface area contributed by atoms with Crippen LogP contribution in [0.2, 0.25) is 0 Å². The van der Waals surface area contributed by atoms with Gasteiger partial charge in [-0.2, -0.15) is 0 Å². The lowest BCUT2D eigenvalue weighted by atomic mass is 10.4. The van der Waals surface area contributed by atoms with E-state index in [1.54, 1.807) is 83.1 Å². The Hall–Kier alpha value is -4.32. The first-order valence-electron chi connectivity index (χ1n) is 44.4. The summed E-state index contributed by atoms with van der Waals surface area (Å²) in [5.74, 6) is -6.05. The summed E-state index contributed by atoms with van der Waals surface area (Å²) in [5.41, 5.74) is -5.97. The van der Waals surface area contributed by atoms with Crippen LogP contribution in [0.25, 0.3) is 0 Å². The molecule has 10 fully saturated rings. The zero-order valence-corrected chi connectivity index (χ0v) is 91.0. The molecule has 0 radical (unpaired) electrons. The number of ether oxygens (including phenoxy) is 10. The van der Waals surface area contributed by atoms with Crippen LogP contribution in [-0.2, 0) is 231 Å². The van der Waals surface area contributed by atoms with Gasteiger partial charge in [-0.15, -0.1) is 13.2 Å². The number of hydrogen-bond donors (Lipinski definition) is 0. The van der Waals surface area contributed by atoms with Crippen LogP contribution in [0.4, 0.5) is 0 Å². The topological polar surface area (TPSA) is 618 Å². The molecular weight excluding hydrogens is 2050 g/mol. The van der Waals surface area contributed by atoms with Crippen LogP contribution < -0.4 is 0 Å². The first kappa shape index (κ1) is 132. The highest BCUT2D eigenvalue weighted by molar-refractivity contribution is 7.58. The molecule has 0 aromatic rings. The monoisotopic (exact) mass is 2190 g/mol. The highest BCUT2D eigenvalue weighted by atomic mass is 31.2. The minimum Gasteiger partial charge on any atom is -0.465 e. The van der Waals surface area contributed by atoms with Crippen LogP contribution >= 0.6 is 76.0 Å². The van der Waals surface area contributed by atoms with Crippen LogP contribution in [0, 0.1) is 0 Å². The molecule has 0 N–H and O–H groups in total. The molecular formula is C78H142O50P10. The summed E-state index contributed by atoms with van der Waals surface area (Å²) in [5, 5.41) is 0. The molecule has 10 heterocycles. The average molecular weight is 2190 g/mol. The van der Waals surface area contributed by atoms with Gasteiger partial charge in [0.15, 0.2) is 45.3 Å². The van der Waals surface area contributed by atoms with E-state index in [1.165, 1.54) is 54.8 Å². The van der Waals surface area contributed by atoms with Crippen LogP contribution in [-0.4, -0.2) is 304 Å². The molecule has 0 aliphatic carbocycles. The van der Waals surface area contributed by atoms with Gasteiger partial charge in [-0.25, -0.2) is 0 Å². The lowest BCUT2D eigenvalue weighted by molar-refractivity contribution is -0.164. The van der Waals surface area contributed by atoms with Crippen molar-refractivity contribution in [2.45, 2.75) is 243 Å². The van der Waals surface area contributed by atoms with Gasteiger partial charge in [0, 0.05) is 81.2 Å². The second-order valence-electron chi connectivity index (χ2n) is 29.1. The number of esters is 10. The van der Waals surface area contributed by atoms with Gasteiger partial charge in [-0.05, 0) is 95.9 Å². The number of rotatable bonds is 50. The van der Waals surface area contributed by atoms with E-state index < -0.39 is 181 Å². The Bertz CT molecular complexity index is 4140. The van der Waals surface area contributed by atoms with Gasteiger partial charge in [-0.1, -0.05) is 38.8 Å². The fourth-order valence-corrected chi connectivity index (χ4v) is 29.1. The van der Waals surface area contributed by atoms with Crippen molar-refractivity contribution in [1.82, 2.24) is 0 Å². The fourth-order valence-electron chi connectivity index (χ4n) is 11.9. The zero-order chi connectivity index (χ0) is 105. The largest absolute Gasteiger partial charge is 0.465 e. The van der Waals surface area contributed by atoms with Crippen LogP contribution in [0.5, 0.6) is 0 Å². The zero-order valence-electron chi connectivity index (χ0n) is 82.0. The molecule has 0 amide bonds. The summed E-state index contributed by atoms with van der Waals surface area (Å²) < 4.78 is 266. The van der Waals surface area contributed by atoms with E-state index in [2.05, 4.69) is 64.0 Å². The fraction of sp³-hybridized carbons (Fsp3) is 0.821. The Balaban J connectivity index is 0.000000769. The maximum atomic E-state index is 12.6. The molecule has 50 nitrogen and oxygen atoms in total. The second kappa shape index (κ2) is 66.7. The molecule has 10 aliphatic rings. The van der Waals surface area contributed by atoms with Crippen molar-refractivity contribution < 1.29 is 231 Å². The molecule has 10 unspecified atom stereocenters. The van der Waals surface area contributed by atoms with Gasteiger partial charge in [0.2, 0.25) is 11.7 Å². The Morgan fingerprint density at radius 3 is 0.674 bits per heavy atom. The third-order valence-corrected chi connectivity index (χ3v) is 41.9. The van der Waals surface area contributed by atoms with Crippen LogP contribution in [0.3, 0.4) is 0 Å². The minimum absolute atomic E-state index is 0.0677. The molecule has 60 heteroatoms. The maximum absolute atomic E-state index is 12.6. The highest BCUT2D eigenvalue weighted by Crippen LogP contribution is 2.64. The van der Waals surface area contributed by atoms with Crippen molar-refractivity contribution in [2.24, 2.45) is 0 Å². The number of unbranched alkanes of at least 4 members (excludes halogenated alkanes) is 2. The molecule has 10 saturated heterocycles. The summed E-state index contributed by atoms with van der Waals surface area (Å²) in [6, 6.07) is 0. The summed E-state index contributed by atoms with van der Waals surface area (Å²) >= 11 is 0. The first-order chi connectivity index (χ1) is 65.0. The quantitative estimate of drug-likeness (QED) is 0.0179. The van der Waals surface area contributed by atoms with Gasteiger partial charge < -0.3 is 138 Å². The van der Waals surface area contributed by atoms with Gasteiger partial charge in [-0.3, -0.25) is 93.6 Å². The van der Waals surface area contributed by atoms with E-state index in [9.17, 15) is 93.6 Å². The SMILES string of the molecule is C=CCOP(=O)(OCC=C)C1CCOC1=O.CC(C)OP(=O)(OC(C)C)C1CCOC1=O.CCCCOP(=O)(OCCCC)C1CCOC1=O.CCOP(=O)(OCC)C1CC(=O)O1.CCOP(=O)(OCC)C1CCOC1=O.CCOP(=O)(OCC)C1CCOC1=O.CCOP(=O)(OCC)C1COC1=O.COP(=O)(OC)C1CC(=O)O1.COP(=O)(OC)C1CCOC1=O.COP(=O)(OC)C1COC1=O. The Morgan fingerprint density at radius 2 is 0.486 bits per heavy atom. The Labute approximate surface area is 806 Å². The molecule has 138 heavy (non-hydrogen) atoms. The van der Waals surface area contributed by atoms with Crippen LogP contribution in [0.15, 0.2) is 25.3 Å². The Kier molecular flexibility index (Phi) is 63.7. The van der Waals surface area contributed by atoms with Crippen molar-refractivity contribution in [3.63, 3.8) is 0 Å². The van der Waals surface area contributed by atoms with Crippen molar-refractivity contribution in [1.29, 1.82) is 0 Å². The molecule has 0 spiro atoms. The normalized spacial score (nSPS) is 22.2. The molecule has 10 atom stereocenters. The van der Waals surface area contributed by atoms with E-state index >= 15 is 0 Å². The molecule has 10 rings (SSSR count). The number of carbonyl (C=O) groups is 10. The lowest BCUT2D eigenvalue weighted by Crippen LogP contribution is -2.41. The summed E-state index contributed by atoms with van der Waals surface area (Å²) in [6.07, 6.45) is 8.54. The number of carbonyl (C=O) groups excluding carboxylic acids is 10. The lowest BCUT2D eigenvalue weighted by Gasteiger charge is -2.31. The van der Waals surface area contributed by atoms with Crippen molar-refractivity contribution in [2.75, 3.05) is 175 Å². The van der Waals surface area contributed by atoms with E-state index in [-0.39, 0.29) is 129 Å². The molecule has 0 bridgehead atoms.